The van der Waals surface area contributed by atoms with Crippen LogP contribution in [0.15, 0.2) is 0 Å². The van der Waals surface area contributed by atoms with E-state index in [1.807, 2.05) is 0 Å². The first-order valence-corrected chi connectivity index (χ1v) is 6.26. The molecular formula is C12H21F2NO. The molecule has 0 aromatic heterocycles. The first-order valence-electron chi connectivity index (χ1n) is 6.26. The number of nitrogens with zero attached hydrogens (tertiary/aromatic N) is 1. The fourth-order valence-electron chi connectivity index (χ4n) is 3.19. The molecule has 0 aromatic rings. The molecule has 2 nitrogen and oxygen atoms in total. The summed E-state index contributed by atoms with van der Waals surface area (Å²) in [6.45, 7) is 0.312. The predicted octanol–water partition coefficient (Wildman–Crippen LogP) is 2.27. The second kappa shape index (κ2) is 4.57. The lowest BCUT2D eigenvalue weighted by atomic mass is 9.73. The Hall–Kier alpha value is -0.220. The maximum atomic E-state index is 13.0. The van der Waals surface area contributed by atoms with Gasteiger partial charge in [-0.15, -0.1) is 0 Å². The summed E-state index contributed by atoms with van der Waals surface area (Å²) < 4.78 is 25.9. The van der Waals surface area contributed by atoms with E-state index in [1.54, 1.807) is 4.90 Å². The van der Waals surface area contributed by atoms with E-state index in [2.05, 4.69) is 0 Å². The zero-order chi connectivity index (χ0) is 11.6. The number of alkyl halides is 2. The molecule has 1 saturated heterocycles. The van der Waals surface area contributed by atoms with Gasteiger partial charge in [-0.05, 0) is 18.3 Å². The quantitative estimate of drug-likeness (QED) is 0.808. The van der Waals surface area contributed by atoms with E-state index in [4.69, 9.17) is 5.11 Å². The minimum Gasteiger partial charge on any atom is -0.390 e. The van der Waals surface area contributed by atoms with E-state index < -0.39 is 12.5 Å². The summed E-state index contributed by atoms with van der Waals surface area (Å²) in [7, 11) is 0. The average Bonchev–Trinajstić information content (AvgIpc) is 2.42. The van der Waals surface area contributed by atoms with E-state index in [9.17, 15) is 8.78 Å². The number of aliphatic hydroxyl groups excluding tert-OH is 1. The van der Waals surface area contributed by atoms with Crippen LogP contribution in [0.3, 0.4) is 0 Å². The minimum atomic E-state index is -2.92. The van der Waals surface area contributed by atoms with Crippen LogP contribution in [0.4, 0.5) is 8.78 Å². The summed E-state index contributed by atoms with van der Waals surface area (Å²) in [5, 5.41) is 8.53. The highest BCUT2D eigenvalue weighted by molar-refractivity contribution is 4.96. The minimum absolute atomic E-state index is 0.273. The number of aliphatic hydroxyl groups is 1. The molecule has 2 aliphatic rings. The van der Waals surface area contributed by atoms with Gasteiger partial charge in [0.1, 0.15) is 6.61 Å². The van der Waals surface area contributed by atoms with E-state index >= 15 is 0 Å². The largest absolute Gasteiger partial charge is 0.390 e. The molecule has 4 heteroatoms. The number of likely N-dealkylation sites (tertiary alicyclic amines) is 1. The lowest BCUT2D eigenvalue weighted by Gasteiger charge is -2.51. The second-order valence-electron chi connectivity index (χ2n) is 5.57. The molecule has 1 aliphatic carbocycles. The summed E-state index contributed by atoms with van der Waals surface area (Å²) in [6, 6.07) is 0. The molecule has 2 fully saturated rings. The van der Waals surface area contributed by atoms with Gasteiger partial charge in [-0.25, -0.2) is 8.78 Å². The van der Waals surface area contributed by atoms with Crippen molar-refractivity contribution in [2.45, 2.75) is 44.4 Å². The van der Waals surface area contributed by atoms with Crippen LogP contribution in [0, 0.1) is 5.41 Å². The van der Waals surface area contributed by atoms with Crippen molar-refractivity contribution >= 4 is 0 Å². The van der Waals surface area contributed by atoms with Crippen molar-refractivity contribution in [3.63, 3.8) is 0 Å². The summed E-state index contributed by atoms with van der Waals surface area (Å²) in [6.07, 6.45) is 7.51. The topological polar surface area (TPSA) is 23.5 Å². The molecule has 0 unspecified atom stereocenters. The summed E-state index contributed by atoms with van der Waals surface area (Å²) in [4.78, 5) is 1.79. The van der Waals surface area contributed by atoms with Gasteiger partial charge in [0.15, 0.2) is 0 Å². The molecule has 0 radical (unpaired) electrons. The average molecular weight is 233 g/mol. The maximum Gasteiger partial charge on any atom is 0.283 e. The number of hydrogen-bond donors (Lipinski definition) is 1. The molecule has 1 N–H and O–H groups in total. The molecule has 0 bridgehead atoms. The van der Waals surface area contributed by atoms with Crippen molar-refractivity contribution in [3.8, 4) is 0 Å². The van der Waals surface area contributed by atoms with E-state index in [0.29, 0.717) is 5.41 Å². The van der Waals surface area contributed by atoms with Crippen LogP contribution in [0.25, 0.3) is 0 Å². The first-order chi connectivity index (χ1) is 7.55. The molecule has 1 spiro atoms. The van der Waals surface area contributed by atoms with Crippen LogP contribution in [0.2, 0.25) is 0 Å². The molecular weight excluding hydrogens is 212 g/mol. The van der Waals surface area contributed by atoms with Gasteiger partial charge in [0.25, 0.3) is 5.92 Å². The van der Waals surface area contributed by atoms with Crippen molar-refractivity contribution in [2.24, 2.45) is 5.41 Å². The third-order valence-electron chi connectivity index (χ3n) is 3.97. The zero-order valence-corrected chi connectivity index (χ0v) is 9.72. The molecule has 0 amide bonds. The molecule has 1 saturated carbocycles. The zero-order valence-electron chi connectivity index (χ0n) is 9.72. The fraction of sp³-hybridized carbons (Fsp3) is 1.00. The van der Waals surface area contributed by atoms with Crippen LogP contribution in [0.5, 0.6) is 0 Å². The van der Waals surface area contributed by atoms with E-state index in [1.165, 1.54) is 38.5 Å². The predicted molar refractivity (Wildman–Crippen MR) is 58.6 cm³/mol. The highest BCUT2D eigenvalue weighted by atomic mass is 19.3. The van der Waals surface area contributed by atoms with Gasteiger partial charge in [0.05, 0.1) is 6.54 Å². The van der Waals surface area contributed by atoms with Gasteiger partial charge in [-0.3, -0.25) is 4.90 Å². The van der Waals surface area contributed by atoms with Crippen molar-refractivity contribution in [1.29, 1.82) is 0 Å². The van der Waals surface area contributed by atoms with Crippen LogP contribution in [-0.4, -0.2) is 42.2 Å². The lowest BCUT2D eigenvalue weighted by Crippen LogP contribution is -2.59. The lowest BCUT2D eigenvalue weighted by molar-refractivity contribution is -0.114. The van der Waals surface area contributed by atoms with Gasteiger partial charge in [0.2, 0.25) is 0 Å². The third-order valence-corrected chi connectivity index (χ3v) is 3.97. The summed E-state index contributed by atoms with van der Waals surface area (Å²) in [5.74, 6) is -2.92. The van der Waals surface area contributed by atoms with Crippen LogP contribution in [-0.2, 0) is 0 Å². The van der Waals surface area contributed by atoms with Gasteiger partial charge in [-0.1, -0.05) is 25.7 Å². The number of rotatable bonds is 3. The van der Waals surface area contributed by atoms with Crippen LogP contribution >= 0.6 is 0 Å². The number of hydrogen-bond acceptors (Lipinski definition) is 2. The van der Waals surface area contributed by atoms with E-state index in [-0.39, 0.29) is 6.54 Å². The van der Waals surface area contributed by atoms with Crippen molar-refractivity contribution in [3.05, 3.63) is 0 Å². The Morgan fingerprint density at radius 1 is 1.06 bits per heavy atom. The van der Waals surface area contributed by atoms with Gasteiger partial charge in [0, 0.05) is 13.1 Å². The number of halogens is 2. The Labute approximate surface area is 95.6 Å². The standard InChI is InChI=1S/C12H21F2NO/c13-12(14,10-16)9-15-7-11(8-15)5-3-1-2-4-6-11/h16H,1-10H2. The molecule has 1 heterocycles. The Bertz CT molecular complexity index is 229. The van der Waals surface area contributed by atoms with Gasteiger partial charge >= 0.3 is 0 Å². The second-order valence-corrected chi connectivity index (χ2v) is 5.57. The summed E-state index contributed by atoms with van der Waals surface area (Å²) >= 11 is 0. The Morgan fingerprint density at radius 2 is 1.62 bits per heavy atom. The molecule has 2 rings (SSSR count). The van der Waals surface area contributed by atoms with Crippen molar-refractivity contribution in [2.75, 3.05) is 26.2 Å². The first kappa shape index (κ1) is 12.2. The molecule has 0 aromatic carbocycles. The van der Waals surface area contributed by atoms with Crippen molar-refractivity contribution in [1.82, 2.24) is 4.90 Å². The molecule has 16 heavy (non-hydrogen) atoms. The van der Waals surface area contributed by atoms with Crippen molar-refractivity contribution < 1.29 is 13.9 Å². The SMILES string of the molecule is OCC(F)(F)CN1CC2(CCCCCC2)C1. The van der Waals surface area contributed by atoms with Crippen LogP contribution < -0.4 is 0 Å². The highest BCUT2D eigenvalue weighted by Crippen LogP contribution is 2.43. The Morgan fingerprint density at radius 3 is 2.12 bits per heavy atom. The fourth-order valence-corrected chi connectivity index (χ4v) is 3.19. The normalized spacial score (nSPS) is 26.4. The van der Waals surface area contributed by atoms with Gasteiger partial charge < -0.3 is 5.11 Å². The highest BCUT2D eigenvalue weighted by Gasteiger charge is 2.45. The van der Waals surface area contributed by atoms with Gasteiger partial charge in [-0.2, -0.15) is 0 Å². The monoisotopic (exact) mass is 233 g/mol. The molecule has 1 aliphatic heterocycles. The summed E-state index contributed by atoms with van der Waals surface area (Å²) in [5.41, 5.74) is 0.335. The maximum absolute atomic E-state index is 13.0. The smallest absolute Gasteiger partial charge is 0.283 e. The molecule has 0 atom stereocenters. The Kier molecular flexibility index (Phi) is 3.50. The Balaban J connectivity index is 1.79. The van der Waals surface area contributed by atoms with Crippen LogP contribution in [0.1, 0.15) is 38.5 Å². The molecule has 94 valence electrons. The van der Waals surface area contributed by atoms with E-state index in [0.717, 1.165) is 13.1 Å². The third kappa shape index (κ3) is 2.72.